The molecule has 0 aliphatic heterocycles. The van der Waals surface area contributed by atoms with Crippen LogP contribution in [0.1, 0.15) is 52.5 Å². The van der Waals surface area contributed by atoms with E-state index >= 15 is 0 Å². The van der Waals surface area contributed by atoms with Crippen LogP contribution in [0.5, 0.6) is 5.75 Å². The summed E-state index contributed by atoms with van der Waals surface area (Å²) in [6.07, 6.45) is 0.429. The van der Waals surface area contributed by atoms with Crippen molar-refractivity contribution in [2.45, 2.75) is 52.6 Å². The molecule has 0 aliphatic rings. The highest BCUT2D eigenvalue weighted by atomic mass is 16.5. The van der Waals surface area contributed by atoms with Gasteiger partial charge < -0.3 is 4.74 Å². The summed E-state index contributed by atoms with van der Waals surface area (Å²) in [6, 6.07) is 8.09. The number of carbonyl (C=O) groups excluding carboxylic acids is 1. The van der Waals surface area contributed by atoms with Gasteiger partial charge in [-0.05, 0) is 44.4 Å². The summed E-state index contributed by atoms with van der Waals surface area (Å²) in [6.45, 7) is 9.79. The Bertz CT molecular complexity index is 374. The van der Waals surface area contributed by atoms with Gasteiger partial charge in [0.15, 0.2) is 0 Å². The van der Waals surface area contributed by atoms with Gasteiger partial charge in [0, 0.05) is 6.42 Å². The summed E-state index contributed by atoms with van der Waals surface area (Å²) in [4.78, 5) is 11.1. The smallest absolute Gasteiger partial charge is 0.133 e. The highest BCUT2D eigenvalue weighted by Gasteiger charge is 2.21. The first-order valence-electron chi connectivity index (χ1n) is 6.08. The molecule has 17 heavy (non-hydrogen) atoms. The number of hydrogen-bond donors (Lipinski definition) is 0. The SMILES string of the molecule is CC(=O)CC(C)(C)Oc1ccc(C(C)C)cc1. The molecule has 0 N–H and O–H groups in total. The van der Waals surface area contributed by atoms with E-state index < -0.39 is 5.60 Å². The van der Waals surface area contributed by atoms with Crippen LogP contribution in [0.2, 0.25) is 0 Å². The third kappa shape index (κ3) is 4.59. The van der Waals surface area contributed by atoms with Crippen molar-refractivity contribution in [3.63, 3.8) is 0 Å². The van der Waals surface area contributed by atoms with Crippen LogP contribution in [0.3, 0.4) is 0 Å². The zero-order valence-electron chi connectivity index (χ0n) is 11.4. The third-order valence-electron chi connectivity index (χ3n) is 2.62. The minimum Gasteiger partial charge on any atom is -0.487 e. The maximum absolute atomic E-state index is 11.1. The minimum absolute atomic E-state index is 0.147. The van der Waals surface area contributed by atoms with Crippen molar-refractivity contribution >= 4 is 5.78 Å². The Morgan fingerprint density at radius 3 is 2.18 bits per heavy atom. The van der Waals surface area contributed by atoms with Crippen molar-refractivity contribution < 1.29 is 9.53 Å². The first-order chi connectivity index (χ1) is 7.80. The molecule has 0 spiro atoms. The van der Waals surface area contributed by atoms with Crippen LogP contribution in [0, 0.1) is 0 Å². The summed E-state index contributed by atoms with van der Waals surface area (Å²) in [5.74, 6) is 1.49. The van der Waals surface area contributed by atoms with E-state index in [0.717, 1.165) is 5.75 Å². The molecular formula is C15H22O2. The van der Waals surface area contributed by atoms with Crippen molar-refractivity contribution in [3.05, 3.63) is 29.8 Å². The monoisotopic (exact) mass is 234 g/mol. The highest BCUT2D eigenvalue weighted by Crippen LogP contribution is 2.23. The average Bonchev–Trinajstić information content (AvgIpc) is 2.15. The molecule has 0 amide bonds. The van der Waals surface area contributed by atoms with Crippen LogP contribution in [0.4, 0.5) is 0 Å². The Morgan fingerprint density at radius 1 is 1.24 bits per heavy atom. The normalized spacial score (nSPS) is 11.6. The zero-order valence-corrected chi connectivity index (χ0v) is 11.4. The quantitative estimate of drug-likeness (QED) is 0.771. The molecule has 1 aromatic rings. The van der Waals surface area contributed by atoms with E-state index in [9.17, 15) is 4.79 Å². The van der Waals surface area contributed by atoms with E-state index in [2.05, 4.69) is 26.0 Å². The van der Waals surface area contributed by atoms with E-state index in [1.54, 1.807) is 6.92 Å². The van der Waals surface area contributed by atoms with E-state index in [1.165, 1.54) is 5.56 Å². The van der Waals surface area contributed by atoms with Gasteiger partial charge in [-0.2, -0.15) is 0 Å². The lowest BCUT2D eigenvalue weighted by molar-refractivity contribution is -0.120. The molecule has 0 aliphatic carbocycles. The number of rotatable bonds is 5. The fourth-order valence-corrected chi connectivity index (χ4v) is 1.88. The lowest BCUT2D eigenvalue weighted by Crippen LogP contribution is -2.30. The first kappa shape index (κ1) is 13.8. The van der Waals surface area contributed by atoms with Gasteiger partial charge in [0.25, 0.3) is 0 Å². The summed E-state index contributed by atoms with van der Waals surface area (Å²) >= 11 is 0. The second kappa shape index (κ2) is 5.35. The fourth-order valence-electron chi connectivity index (χ4n) is 1.88. The maximum Gasteiger partial charge on any atom is 0.133 e. The zero-order chi connectivity index (χ0) is 13.1. The Labute approximate surface area is 104 Å². The summed E-state index contributed by atoms with van der Waals surface area (Å²) < 4.78 is 5.83. The van der Waals surface area contributed by atoms with Gasteiger partial charge in [-0.3, -0.25) is 4.79 Å². The number of carbonyl (C=O) groups is 1. The minimum atomic E-state index is -0.439. The molecule has 0 bridgehead atoms. The van der Waals surface area contributed by atoms with Crippen molar-refractivity contribution in [2.75, 3.05) is 0 Å². The Balaban J connectivity index is 2.71. The molecule has 0 radical (unpaired) electrons. The van der Waals surface area contributed by atoms with Gasteiger partial charge in [0.05, 0.1) is 0 Å². The molecule has 1 aromatic carbocycles. The predicted molar refractivity (Wildman–Crippen MR) is 70.5 cm³/mol. The van der Waals surface area contributed by atoms with Gasteiger partial charge >= 0.3 is 0 Å². The van der Waals surface area contributed by atoms with Gasteiger partial charge in [-0.1, -0.05) is 26.0 Å². The molecule has 2 nitrogen and oxygen atoms in total. The lowest BCUT2D eigenvalue weighted by Gasteiger charge is -2.25. The largest absolute Gasteiger partial charge is 0.487 e. The van der Waals surface area contributed by atoms with E-state index in [1.807, 2.05) is 26.0 Å². The maximum atomic E-state index is 11.1. The van der Waals surface area contributed by atoms with E-state index in [4.69, 9.17) is 4.74 Å². The van der Waals surface area contributed by atoms with E-state index in [0.29, 0.717) is 12.3 Å². The number of Topliss-reactive ketones (excluding diaryl/α,β-unsaturated/α-hetero) is 1. The van der Waals surface area contributed by atoms with Crippen molar-refractivity contribution in [3.8, 4) is 5.75 Å². The summed E-state index contributed by atoms with van der Waals surface area (Å²) in [5, 5.41) is 0. The number of ketones is 1. The van der Waals surface area contributed by atoms with Crippen LogP contribution in [0.25, 0.3) is 0 Å². The van der Waals surface area contributed by atoms with Gasteiger partial charge in [-0.15, -0.1) is 0 Å². The van der Waals surface area contributed by atoms with Gasteiger partial charge in [-0.25, -0.2) is 0 Å². The molecule has 0 saturated heterocycles. The van der Waals surface area contributed by atoms with Crippen molar-refractivity contribution in [1.29, 1.82) is 0 Å². The number of benzene rings is 1. The van der Waals surface area contributed by atoms with Crippen molar-refractivity contribution in [2.24, 2.45) is 0 Å². The molecule has 1 rings (SSSR count). The summed E-state index contributed by atoms with van der Waals surface area (Å²) in [7, 11) is 0. The third-order valence-corrected chi connectivity index (χ3v) is 2.62. The first-order valence-corrected chi connectivity index (χ1v) is 6.08. The highest BCUT2D eigenvalue weighted by molar-refractivity contribution is 5.76. The lowest BCUT2D eigenvalue weighted by atomic mass is 10.0. The topological polar surface area (TPSA) is 26.3 Å². The van der Waals surface area contributed by atoms with Crippen LogP contribution in [0.15, 0.2) is 24.3 Å². The molecule has 0 aromatic heterocycles. The second-order valence-corrected chi connectivity index (χ2v) is 5.46. The van der Waals surface area contributed by atoms with Crippen molar-refractivity contribution in [1.82, 2.24) is 0 Å². The molecule has 0 heterocycles. The molecular weight excluding hydrogens is 212 g/mol. The van der Waals surface area contributed by atoms with Crippen LogP contribution >= 0.6 is 0 Å². The fraction of sp³-hybridized carbons (Fsp3) is 0.533. The molecule has 0 fully saturated rings. The molecule has 2 heteroatoms. The van der Waals surface area contributed by atoms with Gasteiger partial charge in [0.1, 0.15) is 17.1 Å². The average molecular weight is 234 g/mol. The van der Waals surface area contributed by atoms with Crippen LogP contribution in [-0.2, 0) is 4.79 Å². The van der Waals surface area contributed by atoms with E-state index in [-0.39, 0.29) is 5.78 Å². The standard InChI is InChI=1S/C15H22O2/c1-11(2)13-6-8-14(9-7-13)17-15(4,5)10-12(3)16/h6-9,11H,10H2,1-5H3. The van der Waals surface area contributed by atoms with Crippen LogP contribution in [-0.4, -0.2) is 11.4 Å². The second-order valence-electron chi connectivity index (χ2n) is 5.46. The summed E-state index contributed by atoms with van der Waals surface area (Å²) in [5.41, 5.74) is 0.854. The Hall–Kier alpha value is -1.31. The molecule has 0 atom stereocenters. The Kier molecular flexibility index (Phi) is 4.33. The predicted octanol–water partition coefficient (Wildman–Crippen LogP) is 3.95. The van der Waals surface area contributed by atoms with Crippen LogP contribution < -0.4 is 4.74 Å². The molecule has 0 saturated carbocycles. The number of ether oxygens (including phenoxy) is 1. The van der Waals surface area contributed by atoms with Gasteiger partial charge in [0.2, 0.25) is 0 Å². The molecule has 94 valence electrons. The number of hydrogen-bond acceptors (Lipinski definition) is 2. The molecule has 0 unspecified atom stereocenters. The Morgan fingerprint density at radius 2 is 1.76 bits per heavy atom.